The summed E-state index contributed by atoms with van der Waals surface area (Å²) < 4.78 is 22.1. The summed E-state index contributed by atoms with van der Waals surface area (Å²) in [6, 6.07) is 2.13. The molecular formula is C7H12N2O2S. The molecule has 0 unspecified atom stereocenters. The van der Waals surface area contributed by atoms with Gasteiger partial charge in [-0.3, -0.25) is 0 Å². The second-order valence-electron chi connectivity index (χ2n) is 3.10. The highest BCUT2D eigenvalue weighted by molar-refractivity contribution is 7.91. The van der Waals surface area contributed by atoms with Gasteiger partial charge in [-0.15, -0.1) is 0 Å². The molecule has 0 amide bonds. The lowest BCUT2D eigenvalue weighted by Crippen LogP contribution is -2.47. The highest BCUT2D eigenvalue weighted by Gasteiger charge is 2.35. The van der Waals surface area contributed by atoms with Gasteiger partial charge in [0.1, 0.15) is 5.54 Å². The Morgan fingerprint density at radius 2 is 1.92 bits per heavy atom. The van der Waals surface area contributed by atoms with E-state index in [9.17, 15) is 8.42 Å². The van der Waals surface area contributed by atoms with Gasteiger partial charge in [0.05, 0.1) is 17.6 Å². The van der Waals surface area contributed by atoms with Crippen LogP contribution in [0.4, 0.5) is 0 Å². The van der Waals surface area contributed by atoms with Gasteiger partial charge in [-0.2, -0.15) is 5.26 Å². The Kier molecular flexibility index (Phi) is 2.40. The number of hydrogen-bond donors (Lipinski definition) is 1. The molecule has 1 fully saturated rings. The van der Waals surface area contributed by atoms with Crippen LogP contribution in [0.15, 0.2) is 0 Å². The van der Waals surface area contributed by atoms with E-state index in [0.717, 1.165) is 0 Å². The summed E-state index contributed by atoms with van der Waals surface area (Å²) in [6.45, 7) is 0. The zero-order valence-corrected chi connectivity index (χ0v) is 7.82. The molecule has 1 saturated heterocycles. The van der Waals surface area contributed by atoms with Crippen molar-refractivity contribution >= 4 is 9.84 Å². The van der Waals surface area contributed by atoms with Crippen molar-refractivity contribution in [3.05, 3.63) is 0 Å². The Morgan fingerprint density at radius 1 is 1.42 bits per heavy atom. The Balaban J connectivity index is 2.74. The third-order valence-corrected chi connectivity index (χ3v) is 4.02. The summed E-state index contributed by atoms with van der Waals surface area (Å²) >= 11 is 0. The first kappa shape index (κ1) is 9.49. The second kappa shape index (κ2) is 3.04. The molecule has 0 aromatic heterocycles. The number of nitriles is 1. The monoisotopic (exact) mass is 188 g/mol. The van der Waals surface area contributed by atoms with Gasteiger partial charge < -0.3 is 5.32 Å². The number of hydrogen-bond acceptors (Lipinski definition) is 4. The van der Waals surface area contributed by atoms with Crippen LogP contribution in [0.5, 0.6) is 0 Å². The molecule has 0 spiro atoms. The fraction of sp³-hybridized carbons (Fsp3) is 0.857. The lowest BCUT2D eigenvalue weighted by molar-refractivity contribution is 0.404. The van der Waals surface area contributed by atoms with Gasteiger partial charge in [0.25, 0.3) is 0 Å². The van der Waals surface area contributed by atoms with E-state index in [1.54, 1.807) is 7.05 Å². The fourth-order valence-corrected chi connectivity index (χ4v) is 2.83. The normalized spacial score (nSPS) is 26.0. The molecule has 12 heavy (non-hydrogen) atoms. The summed E-state index contributed by atoms with van der Waals surface area (Å²) in [7, 11) is -1.17. The van der Waals surface area contributed by atoms with Gasteiger partial charge in [0.2, 0.25) is 0 Å². The molecule has 68 valence electrons. The van der Waals surface area contributed by atoms with Crippen LogP contribution in [0.2, 0.25) is 0 Å². The van der Waals surface area contributed by atoms with E-state index in [0.29, 0.717) is 12.8 Å². The molecule has 0 aromatic carbocycles. The van der Waals surface area contributed by atoms with Crippen LogP contribution in [0.3, 0.4) is 0 Å². The zero-order chi connectivity index (χ0) is 9.24. The minimum atomic E-state index is -2.87. The first-order valence-electron chi connectivity index (χ1n) is 3.84. The smallest absolute Gasteiger partial charge is 0.150 e. The second-order valence-corrected chi connectivity index (χ2v) is 5.40. The van der Waals surface area contributed by atoms with Gasteiger partial charge in [0, 0.05) is 0 Å². The van der Waals surface area contributed by atoms with Crippen molar-refractivity contribution in [3.63, 3.8) is 0 Å². The molecular weight excluding hydrogens is 176 g/mol. The van der Waals surface area contributed by atoms with E-state index in [1.807, 2.05) is 0 Å². The third-order valence-electron chi connectivity index (χ3n) is 2.37. The van der Waals surface area contributed by atoms with Gasteiger partial charge in [-0.05, 0) is 19.9 Å². The maximum atomic E-state index is 11.0. The average Bonchev–Trinajstić information content (AvgIpc) is 2.06. The van der Waals surface area contributed by atoms with Crippen molar-refractivity contribution < 1.29 is 8.42 Å². The van der Waals surface area contributed by atoms with E-state index < -0.39 is 15.4 Å². The Labute approximate surface area is 72.5 Å². The van der Waals surface area contributed by atoms with Gasteiger partial charge >= 0.3 is 0 Å². The Morgan fingerprint density at radius 3 is 2.25 bits per heavy atom. The van der Waals surface area contributed by atoms with E-state index in [2.05, 4.69) is 11.4 Å². The minimum Gasteiger partial charge on any atom is -0.302 e. The SMILES string of the molecule is CNC1(C#N)CCS(=O)(=O)CC1. The number of nitrogens with one attached hydrogen (secondary N) is 1. The number of rotatable bonds is 1. The van der Waals surface area contributed by atoms with Gasteiger partial charge in [0.15, 0.2) is 9.84 Å². The van der Waals surface area contributed by atoms with Crippen molar-refractivity contribution in [2.75, 3.05) is 18.6 Å². The summed E-state index contributed by atoms with van der Waals surface area (Å²) in [5.41, 5.74) is -0.606. The highest BCUT2D eigenvalue weighted by atomic mass is 32.2. The average molecular weight is 188 g/mol. The van der Waals surface area contributed by atoms with E-state index in [4.69, 9.17) is 5.26 Å². The molecule has 0 bridgehead atoms. The van der Waals surface area contributed by atoms with Crippen LogP contribution in [0.25, 0.3) is 0 Å². The quantitative estimate of drug-likeness (QED) is 0.612. The summed E-state index contributed by atoms with van der Waals surface area (Å²) in [6.07, 6.45) is 0.810. The van der Waals surface area contributed by atoms with Gasteiger partial charge in [-0.1, -0.05) is 0 Å². The molecule has 4 nitrogen and oxygen atoms in total. The predicted octanol–water partition coefficient (Wildman–Crippen LogP) is -0.323. The van der Waals surface area contributed by atoms with Crippen LogP contribution < -0.4 is 5.32 Å². The van der Waals surface area contributed by atoms with Crippen molar-refractivity contribution in [3.8, 4) is 6.07 Å². The maximum absolute atomic E-state index is 11.0. The van der Waals surface area contributed by atoms with Crippen LogP contribution in [-0.2, 0) is 9.84 Å². The molecule has 0 atom stereocenters. The van der Waals surface area contributed by atoms with E-state index in [1.165, 1.54) is 0 Å². The van der Waals surface area contributed by atoms with Crippen LogP contribution in [-0.4, -0.2) is 32.5 Å². The van der Waals surface area contributed by atoms with Crippen molar-refractivity contribution in [2.45, 2.75) is 18.4 Å². The summed E-state index contributed by atoms with van der Waals surface area (Å²) in [5.74, 6) is 0.253. The first-order chi connectivity index (χ1) is 5.54. The number of nitrogens with zero attached hydrogens (tertiary/aromatic N) is 1. The molecule has 1 rings (SSSR count). The first-order valence-corrected chi connectivity index (χ1v) is 5.66. The van der Waals surface area contributed by atoms with Crippen LogP contribution >= 0.6 is 0 Å². The molecule has 0 radical (unpaired) electrons. The van der Waals surface area contributed by atoms with Crippen molar-refractivity contribution in [1.29, 1.82) is 5.26 Å². The molecule has 0 aromatic rings. The topological polar surface area (TPSA) is 70.0 Å². The molecule has 0 aliphatic carbocycles. The Hall–Kier alpha value is -0.600. The summed E-state index contributed by atoms with van der Waals surface area (Å²) in [4.78, 5) is 0. The zero-order valence-electron chi connectivity index (χ0n) is 7.00. The fourth-order valence-electron chi connectivity index (χ4n) is 1.30. The molecule has 5 heteroatoms. The van der Waals surface area contributed by atoms with E-state index >= 15 is 0 Å². The van der Waals surface area contributed by atoms with Crippen LogP contribution in [0.1, 0.15) is 12.8 Å². The molecule has 1 aliphatic heterocycles. The Bertz CT molecular complexity index is 288. The molecule has 1 heterocycles. The van der Waals surface area contributed by atoms with Crippen LogP contribution in [0, 0.1) is 11.3 Å². The largest absolute Gasteiger partial charge is 0.302 e. The molecule has 1 aliphatic rings. The van der Waals surface area contributed by atoms with Crippen molar-refractivity contribution in [1.82, 2.24) is 5.32 Å². The molecule has 1 N–H and O–H groups in total. The standard InChI is InChI=1S/C7H12N2O2S/c1-9-7(6-8)2-4-12(10,11)5-3-7/h9H,2-5H2,1H3. The minimum absolute atomic E-state index is 0.126. The number of sulfone groups is 1. The third kappa shape index (κ3) is 1.76. The lowest BCUT2D eigenvalue weighted by Gasteiger charge is -2.29. The van der Waals surface area contributed by atoms with Gasteiger partial charge in [-0.25, -0.2) is 8.42 Å². The van der Waals surface area contributed by atoms with Crippen molar-refractivity contribution in [2.24, 2.45) is 0 Å². The lowest BCUT2D eigenvalue weighted by atomic mass is 9.95. The highest BCUT2D eigenvalue weighted by Crippen LogP contribution is 2.22. The predicted molar refractivity (Wildman–Crippen MR) is 45.3 cm³/mol. The molecule has 0 saturated carbocycles. The summed E-state index contributed by atoms with van der Waals surface area (Å²) in [5, 5.41) is 11.7. The maximum Gasteiger partial charge on any atom is 0.150 e. The van der Waals surface area contributed by atoms with E-state index in [-0.39, 0.29) is 11.5 Å².